The number of alkyl halides is 5. The number of nitrogen functional groups attached to an aromatic ring is 1. The van der Waals surface area contributed by atoms with Crippen molar-refractivity contribution in [3.05, 3.63) is 83.2 Å². The molecular formula is C31H27F5N4O3. The van der Waals surface area contributed by atoms with E-state index in [0.29, 0.717) is 17.8 Å². The standard InChI is InChI=1S/C31H27F5N4O3/c32-30(33)7-9-40(10-8-30)29(42)18-3-1-17(2-4-18)20-11-21-12-22(43-27(21)25(13-20)31(34,35)36)16-39-28(41)24-14-23(24)19-5-6-26(37)38-15-19/h1-6,11-13,15,23-24H,7-10,14,16H2,(H2,37,38)(H,39,41)/t23-,24+/m1/s1. The molecule has 224 valence electrons. The summed E-state index contributed by atoms with van der Waals surface area (Å²) in [6, 6.07) is 13.5. The van der Waals surface area contributed by atoms with Gasteiger partial charge in [0, 0.05) is 49.0 Å². The van der Waals surface area contributed by atoms with Gasteiger partial charge in [0.15, 0.2) is 0 Å². The maximum Gasteiger partial charge on any atom is 0.420 e. The first-order chi connectivity index (χ1) is 20.4. The van der Waals surface area contributed by atoms with E-state index in [2.05, 4.69) is 10.3 Å². The Morgan fingerprint density at radius 3 is 2.40 bits per heavy atom. The van der Waals surface area contributed by atoms with Crippen LogP contribution in [0.3, 0.4) is 0 Å². The van der Waals surface area contributed by atoms with Gasteiger partial charge >= 0.3 is 6.18 Å². The zero-order chi connectivity index (χ0) is 30.5. The average molecular weight is 599 g/mol. The molecule has 2 aliphatic rings. The van der Waals surface area contributed by atoms with Gasteiger partial charge in [0.1, 0.15) is 17.2 Å². The number of hydrogen-bond donors (Lipinski definition) is 2. The van der Waals surface area contributed by atoms with Crippen LogP contribution in [-0.2, 0) is 17.5 Å². The lowest BCUT2D eigenvalue weighted by Gasteiger charge is -2.31. The summed E-state index contributed by atoms with van der Waals surface area (Å²) >= 11 is 0. The van der Waals surface area contributed by atoms with E-state index in [4.69, 9.17) is 10.2 Å². The number of anilines is 1. The van der Waals surface area contributed by atoms with Crippen molar-refractivity contribution in [2.24, 2.45) is 5.92 Å². The molecule has 1 aliphatic heterocycles. The fraction of sp³-hybridized carbons (Fsp3) is 0.323. The number of amides is 2. The van der Waals surface area contributed by atoms with Crippen LogP contribution < -0.4 is 11.1 Å². The van der Waals surface area contributed by atoms with Gasteiger partial charge in [-0.25, -0.2) is 13.8 Å². The third-order valence-corrected chi connectivity index (χ3v) is 8.02. The monoisotopic (exact) mass is 598 g/mol. The topological polar surface area (TPSA) is 101 Å². The van der Waals surface area contributed by atoms with Crippen LogP contribution >= 0.6 is 0 Å². The molecule has 2 amide bonds. The molecule has 6 rings (SSSR count). The first-order valence-electron chi connectivity index (χ1n) is 13.8. The van der Waals surface area contributed by atoms with Crippen molar-refractivity contribution in [2.75, 3.05) is 18.8 Å². The molecule has 3 heterocycles. The van der Waals surface area contributed by atoms with E-state index < -0.39 is 36.4 Å². The van der Waals surface area contributed by atoms with Crippen LogP contribution in [0.4, 0.5) is 27.8 Å². The summed E-state index contributed by atoms with van der Waals surface area (Å²) in [4.78, 5) is 30.8. The second-order valence-corrected chi connectivity index (χ2v) is 11.1. The van der Waals surface area contributed by atoms with E-state index in [1.165, 1.54) is 35.2 Å². The van der Waals surface area contributed by atoms with E-state index >= 15 is 0 Å². The van der Waals surface area contributed by atoms with E-state index in [0.717, 1.165) is 11.6 Å². The van der Waals surface area contributed by atoms with Crippen molar-refractivity contribution in [3.8, 4) is 11.1 Å². The maximum atomic E-state index is 14.1. The fourth-order valence-electron chi connectivity index (χ4n) is 5.49. The van der Waals surface area contributed by atoms with Gasteiger partial charge in [-0.15, -0.1) is 0 Å². The molecular weight excluding hydrogens is 571 g/mol. The fourth-order valence-corrected chi connectivity index (χ4v) is 5.49. The number of carbonyl (C=O) groups is 2. The van der Waals surface area contributed by atoms with Gasteiger partial charge in [-0.1, -0.05) is 18.2 Å². The number of fused-ring (bicyclic) bond motifs is 1. The van der Waals surface area contributed by atoms with Gasteiger partial charge in [0.25, 0.3) is 11.8 Å². The molecule has 2 atom stereocenters. The van der Waals surface area contributed by atoms with Gasteiger partial charge in [0.2, 0.25) is 5.91 Å². The number of nitrogens with one attached hydrogen (secondary N) is 1. The van der Waals surface area contributed by atoms with Crippen LogP contribution in [0.25, 0.3) is 22.1 Å². The van der Waals surface area contributed by atoms with Crippen LogP contribution in [0.1, 0.15) is 52.4 Å². The molecule has 0 radical (unpaired) electrons. The largest absolute Gasteiger partial charge is 0.459 e. The van der Waals surface area contributed by atoms with E-state index in [9.17, 15) is 31.5 Å². The smallest absolute Gasteiger partial charge is 0.420 e. The third kappa shape index (κ3) is 6.04. The second kappa shape index (κ2) is 10.7. The molecule has 1 aliphatic carbocycles. The molecule has 0 spiro atoms. The van der Waals surface area contributed by atoms with E-state index in [1.807, 2.05) is 6.07 Å². The van der Waals surface area contributed by atoms with Crippen LogP contribution in [0.2, 0.25) is 0 Å². The molecule has 0 unspecified atom stereocenters. The molecule has 1 saturated carbocycles. The molecule has 2 aromatic heterocycles. The van der Waals surface area contributed by atoms with Crippen molar-refractivity contribution in [1.29, 1.82) is 0 Å². The van der Waals surface area contributed by atoms with Crippen molar-refractivity contribution in [3.63, 3.8) is 0 Å². The van der Waals surface area contributed by atoms with Crippen molar-refractivity contribution in [2.45, 2.75) is 43.8 Å². The Balaban J connectivity index is 1.17. The molecule has 7 nitrogen and oxygen atoms in total. The summed E-state index contributed by atoms with van der Waals surface area (Å²) in [6.45, 7) is -0.212. The minimum atomic E-state index is -4.72. The highest BCUT2D eigenvalue weighted by Crippen LogP contribution is 2.47. The van der Waals surface area contributed by atoms with Crippen LogP contribution in [0.5, 0.6) is 0 Å². The quantitative estimate of drug-likeness (QED) is 0.251. The van der Waals surface area contributed by atoms with Crippen LogP contribution in [-0.4, -0.2) is 40.7 Å². The molecule has 3 N–H and O–H groups in total. The van der Waals surface area contributed by atoms with Crippen molar-refractivity contribution >= 4 is 28.6 Å². The number of carbonyl (C=O) groups excluding carboxylic acids is 2. The molecule has 2 fully saturated rings. The van der Waals surface area contributed by atoms with Crippen LogP contribution in [0.15, 0.2) is 65.2 Å². The van der Waals surface area contributed by atoms with Crippen molar-refractivity contribution in [1.82, 2.24) is 15.2 Å². The molecule has 4 aromatic rings. The zero-order valence-corrected chi connectivity index (χ0v) is 22.8. The molecule has 1 saturated heterocycles. The van der Waals surface area contributed by atoms with E-state index in [-0.39, 0.29) is 65.2 Å². The first-order valence-corrected chi connectivity index (χ1v) is 13.8. The minimum absolute atomic E-state index is 0.00875. The molecule has 2 aromatic carbocycles. The summed E-state index contributed by atoms with van der Waals surface area (Å²) in [5.41, 5.74) is 6.15. The molecule has 0 bridgehead atoms. The number of halogens is 5. The van der Waals surface area contributed by atoms with Gasteiger partial charge in [-0.2, -0.15) is 13.2 Å². The third-order valence-electron chi connectivity index (χ3n) is 8.02. The zero-order valence-electron chi connectivity index (χ0n) is 22.8. The number of nitrogens with zero attached hydrogens (tertiary/aromatic N) is 2. The molecule has 12 heteroatoms. The lowest BCUT2D eigenvalue weighted by molar-refractivity contribution is -0.136. The number of furan rings is 1. The number of aromatic nitrogens is 1. The predicted octanol–water partition coefficient (Wildman–Crippen LogP) is 6.39. The maximum absolute atomic E-state index is 14.1. The lowest BCUT2D eigenvalue weighted by atomic mass is 9.98. The number of rotatable bonds is 6. The summed E-state index contributed by atoms with van der Waals surface area (Å²) in [7, 11) is 0. The summed E-state index contributed by atoms with van der Waals surface area (Å²) < 4.78 is 74.7. The van der Waals surface area contributed by atoms with Crippen LogP contribution in [0, 0.1) is 5.92 Å². The van der Waals surface area contributed by atoms with Crippen molar-refractivity contribution < 1.29 is 36.0 Å². The average Bonchev–Trinajstić information content (AvgIpc) is 3.66. The number of hydrogen-bond acceptors (Lipinski definition) is 5. The highest BCUT2D eigenvalue weighted by molar-refractivity contribution is 5.95. The Morgan fingerprint density at radius 1 is 1.02 bits per heavy atom. The Bertz CT molecular complexity index is 1670. The number of likely N-dealkylation sites (tertiary alicyclic amines) is 1. The summed E-state index contributed by atoms with van der Waals surface area (Å²) in [6.07, 6.45) is -3.26. The number of pyridine rings is 1. The number of piperidine rings is 1. The molecule has 43 heavy (non-hydrogen) atoms. The lowest BCUT2D eigenvalue weighted by Crippen LogP contribution is -2.42. The predicted molar refractivity (Wildman–Crippen MR) is 148 cm³/mol. The highest BCUT2D eigenvalue weighted by atomic mass is 19.4. The van der Waals surface area contributed by atoms with Gasteiger partial charge in [0.05, 0.1) is 12.1 Å². The number of nitrogens with two attached hydrogens (primary N) is 1. The SMILES string of the molecule is Nc1ccc([C@H]2C[C@@H]2C(=O)NCc2cc3cc(-c4ccc(C(=O)N5CCC(F)(F)CC5)cc4)cc(C(F)(F)F)c3o2)cn1. The van der Waals surface area contributed by atoms with Gasteiger partial charge in [-0.3, -0.25) is 9.59 Å². The van der Waals surface area contributed by atoms with Gasteiger partial charge in [-0.05, 0) is 65.4 Å². The first kappa shape index (κ1) is 28.6. The Labute approximate surface area is 242 Å². The summed E-state index contributed by atoms with van der Waals surface area (Å²) in [5, 5.41) is 2.96. The number of benzene rings is 2. The Hall–Kier alpha value is -4.48. The van der Waals surface area contributed by atoms with Gasteiger partial charge < -0.3 is 20.4 Å². The Kier molecular flexibility index (Phi) is 7.10. The summed E-state index contributed by atoms with van der Waals surface area (Å²) in [5.74, 6) is -3.12. The minimum Gasteiger partial charge on any atom is -0.459 e. The highest BCUT2D eigenvalue weighted by Gasteiger charge is 2.44. The Morgan fingerprint density at radius 2 is 1.74 bits per heavy atom. The van der Waals surface area contributed by atoms with E-state index in [1.54, 1.807) is 18.3 Å². The second-order valence-electron chi connectivity index (χ2n) is 11.1. The normalized spacial score (nSPS) is 19.8.